The van der Waals surface area contributed by atoms with Crippen LogP contribution in [0.25, 0.3) is 0 Å². The van der Waals surface area contributed by atoms with Gasteiger partial charge < -0.3 is 10.4 Å². The quantitative estimate of drug-likeness (QED) is 0.900. The Bertz CT molecular complexity index is 704. The molecule has 2 N–H and O–H groups in total. The van der Waals surface area contributed by atoms with Gasteiger partial charge in [0.05, 0.1) is 16.1 Å². The van der Waals surface area contributed by atoms with Crippen molar-refractivity contribution < 1.29 is 14.7 Å². The van der Waals surface area contributed by atoms with Gasteiger partial charge in [-0.05, 0) is 44.0 Å². The monoisotopic (exact) mass is 303 g/mol. The number of thiophene rings is 1. The number of rotatable bonds is 4. The van der Waals surface area contributed by atoms with Crippen molar-refractivity contribution in [1.82, 2.24) is 0 Å². The average Bonchev–Trinajstić information content (AvgIpc) is 2.81. The predicted octanol–water partition coefficient (Wildman–Crippen LogP) is 3.88. The van der Waals surface area contributed by atoms with Crippen LogP contribution in [0.15, 0.2) is 24.3 Å². The molecule has 21 heavy (non-hydrogen) atoms. The van der Waals surface area contributed by atoms with E-state index in [1.165, 1.54) is 11.3 Å². The number of benzene rings is 1. The van der Waals surface area contributed by atoms with E-state index >= 15 is 0 Å². The molecule has 0 fully saturated rings. The molecule has 0 aliphatic rings. The van der Waals surface area contributed by atoms with Gasteiger partial charge in [0, 0.05) is 4.88 Å². The van der Waals surface area contributed by atoms with Gasteiger partial charge >= 0.3 is 5.97 Å². The van der Waals surface area contributed by atoms with Crippen molar-refractivity contribution >= 4 is 28.9 Å². The summed E-state index contributed by atoms with van der Waals surface area (Å²) < 4.78 is 0. The Morgan fingerprint density at radius 1 is 1.24 bits per heavy atom. The van der Waals surface area contributed by atoms with Crippen LogP contribution in [0.3, 0.4) is 0 Å². The van der Waals surface area contributed by atoms with Gasteiger partial charge in [-0.25, -0.2) is 4.79 Å². The second-order valence-corrected chi connectivity index (χ2v) is 6.11. The molecular weight excluding hydrogens is 286 g/mol. The van der Waals surface area contributed by atoms with E-state index in [4.69, 9.17) is 0 Å². The molecule has 0 spiro atoms. The molecule has 1 aromatic heterocycles. The summed E-state index contributed by atoms with van der Waals surface area (Å²) in [5.74, 6) is -1.32. The van der Waals surface area contributed by atoms with Crippen LogP contribution < -0.4 is 5.32 Å². The molecule has 0 bridgehead atoms. The van der Waals surface area contributed by atoms with Gasteiger partial charge in [0.1, 0.15) is 0 Å². The lowest BCUT2D eigenvalue weighted by molar-refractivity contribution is 0.0698. The SMILES string of the molecule is CCc1cc(C(=O)Nc2ccc(C)cc2C(=O)O)sc1C. The first-order valence-electron chi connectivity index (χ1n) is 6.67. The van der Waals surface area contributed by atoms with Crippen LogP contribution in [0.1, 0.15) is 43.0 Å². The number of carboxylic acid groups (broad SMARTS) is 1. The van der Waals surface area contributed by atoms with Crippen molar-refractivity contribution in [1.29, 1.82) is 0 Å². The van der Waals surface area contributed by atoms with Crippen LogP contribution in [0.4, 0.5) is 5.69 Å². The average molecular weight is 303 g/mol. The molecule has 1 aromatic carbocycles. The standard InChI is InChI=1S/C16H17NO3S/c1-4-11-8-14(21-10(11)3)15(18)17-13-6-5-9(2)7-12(13)16(19)20/h5-8H,4H2,1-3H3,(H,17,18)(H,19,20). The zero-order valence-electron chi connectivity index (χ0n) is 12.2. The number of anilines is 1. The second kappa shape index (κ2) is 6.10. The number of hydrogen-bond acceptors (Lipinski definition) is 3. The molecule has 0 aliphatic carbocycles. The maximum absolute atomic E-state index is 12.3. The third-order valence-corrected chi connectivity index (χ3v) is 4.37. The highest BCUT2D eigenvalue weighted by Gasteiger charge is 2.16. The molecule has 0 atom stereocenters. The first kappa shape index (κ1) is 15.3. The van der Waals surface area contributed by atoms with Gasteiger partial charge in [0.25, 0.3) is 5.91 Å². The van der Waals surface area contributed by atoms with Gasteiger partial charge in [-0.15, -0.1) is 11.3 Å². The highest BCUT2D eigenvalue weighted by Crippen LogP contribution is 2.24. The van der Waals surface area contributed by atoms with E-state index in [-0.39, 0.29) is 11.5 Å². The Morgan fingerprint density at radius 3 is 2.52 bits per heavy atom. The van der Waals surface area contributed by atoms with E-state index in [1.807, 2.05) is 26.8 Å². The molecule has 0 unspecified atom stereocenters. The highest BCUT2D eigenvalue weighted by atomic mass is 32.1. The van der Waals surface area contributed by atoms with Gasteiger partial charge in [0.2, 0.25) is 0 Å². The summed E-state index contributed by atoms with van der Waals surface area (Å²) in [7, 11) is 0. The molecule has 2 aromatic rings. The molecule has 0 saturated carbocycles. The van der Waals surface area contributed by atoms with E-state index in [1.54, 1.807) is 18.2 Å². The lowest BCUT2D eigenvalue weighted by atomic mass is 10.1. The molecular formula is C16H17NO3S. The summed E-state index contributed by atoms with van der Waals surface area (Å²) in [6.07, 6.45) is 0.876. The van der Waals surface area contributed by atoms with Gasteiger partial charge in [-0.2, -0.15) is 0 Å². The number of aryl methyl sites for hydroxylation is 3. The summed E-state index contributed by atoms with van der Waals surface area (Å²) in [6.45, 7) is 5.84. The van der Waals surface area contributed by atoms with Crippen LogP contribution in [0.5, 0.6) is 0 Å². The van der Waals surface area contributed by atoms with Crippen molar-refractivity contribution in [2.45, 2.75) is 27.2 Å². The fourth-order valence-corrected chi connectivity index (χ4v) is 3.12. The predicted molar refractivity (Wildman–Crippen MR) is 84.5 cm³/mol. The van der Waals surface area contributed by atoms with Crippen molar-refractivity contribution in [3.8, 4) is 0 Å². The normalized spacial score (nSPS) is 10.4. The number of hydrogen-bond donors (Lipinski definition) is 2. The second-order valence-electron chi connectivity index (χ2n) is 4.85. The highest BCUT2D eigenvalue weighted by molar-refractivity contribution is 7.14. The fraction of sp³-hybridized carbons (Fsp3) is 0.250. The molecule has 1 heterocycles. The molecule has 110 valence electrons. The maximum atomic E-state index is 12.3. The number of carbonyl (C=O) groups is 2. The number of carboxylic acids is 1. The minimum atomic E-state index is -1.05. The fourth-order valence-electron chi connectivity index (χ4n) is 2.11. The summed E-state index contributed by atoms with van der Waals surface area (Å²) in [6, 6.07) is 6.82. The lowest BCUT2D eigenvalue weighted by Gasteiger charge is -2.08. The Balaban J connectivity index is 2.29. The van der Waals surface area contributed by atoms with Crippen LogP contribution in [0, 0.1) is 13.8 Å². The Kier molecular flexibility index (Phi) is 4.43. The number of aromatic carboxylic acids is 1. The summed E-state index contributed by atoms with van der Waals surface area (Å²) >= 11 is 1.42. The molecule has 4 nitrogen and oxygen atoms in total. The van der Waals surface area contributed by atoms with Gasteiger partial charge in [-0.1, -0.05) is 18.6 Å². The first-order valence-corrected chi connectivity index (χ1v) is 7.48. The molecule has 0 aliphatic heterocycles. The van der Waals surface area contributed by atoms with Crippen molar-refractivity contribution in [2.75, 3.05) is 5.32 Å². The topological polar surface area (TPSA) is 66.4 Å². The molecule has 2 rings (SSSR count). The largest absolute Gasteiger partial charge is 0.478 e. The van der Waals surface area contributed by atoms with E-state index in [9.17, 15) is 14.7 Å². The smallest absolute Gasteiger partial charge is 0.337 e. The Morgan fingerprint density at radius 2 is 1.95 bits per heavy atom. The zero-order chi connectivity index (χ0) is 15.6. The van der Waals surface area contributed by atoms with Crippen molar-refractivity contribution in [2.24, 2.45) is 0 Å². The lowest BCUT2D eigenvalue weighted by Crippen LogP contribution is -2.13. The Labute approximate surface area is 127 Å². The minimum Gasteiger partial charge on any atom is -0.478 e. The third kappa shape index (κ3) is 3.31. The van der Waals surface area contributed by atoms with Crippen molar-refractivity contribution in [3.63, 3.8) is 0 Å². The summed E-state index contributed by atoms with van der Waals surface area (Å²) in [5.41, 5.74) is 2.41. The van der Waals surface area contributed by atoms with Crippen LogP contribution in [-0.2, 0) is 6.42 Å². The number of amides is 1. The first-order chi connectivity index (χ1) is 9.92. The third-order valence-electron chi connectivity index (χ3n) is 3.28. The number of carbonyl (C=O) groups excluding carboxylic acids is 1. The summed E-state index contributed by atoms with van der Waals surface area (Å²) in [4.78, 5) is 25.2. The minimum absolute atomic E-state index is 0.104. The van der Waals surface area contributed by atoms with Gasteiger partial charge in [0.15, 0.2) is 0 Å². The molecule has 0 saturated heterocycles. The van der Waals surface area contributed by atoms with Crippen LogP contribution in [-0.4, -0.2) is 17.0 Å². The van der Waals surface area contributed by atoms with Gasteiger partial charge in [-0.3, -0.25) is 4.79 Å². The van der Waals surface area contributed by atoms with E-state index < -0.39 is 5.97 Å². The van der Waals surface area contributed by atoms with Crippen LogP contribution >= 0.6 is 11.3 Å². The van der Waals surface area contributed by atoms with Crippen LogP contribution in [0.2, 0.25) is 0 Å². The molecule has 5 heteroatoms. The number of nitrogens with one attached hydrogen (secondary N) is 1. The van der Waals surface area contributed by atoms with E-state index in [0.29, 0.717) is 10.6 Å². The zero-order valence-corrected chi connectivity index (χ0v) is 13.0. The van der Waals surface area contributed by atoms with Crippen molar-refractivity contribution in [3.05, 3.63) is 50.7 Å². The van der Waals surface area contributed by atoms with E-state index in [0.717, 1.165) is 22.4 Å². The summed E-state index contributed by atoms with van der Waals surface area (Å²) in [5, 5.41) is 11.9. The van der Waals surface area contributed by atoms with E-state index in [2.05, 4.69) is 5.32 Å². The molecule has 1 amide bonds. The Hall–Kier alpha value is -2.14. The molecule has 0 radical (unpaired) electrons. The maximum Gasteiger partial charge on any atom is 0.337 e.